The van der Waals surface area contributed by atoms with E-state index in [1.165, 1.54) is 6.42 Å². The highest BCUT2D eigenvalue weighted by Crippen LogP contribution is 2.26. The fraction of sp³-hybridized carbons (Fsp3) is 0.400. The Bertz CT molecular complexity index is 1220. The summed E-state index contributed by atoms with van der Waals surface area (Å²) in [7, 11) is 1.60. The van der Waals surface area contributed by atoms with Crippen molar-refractivity contribution in [3.63, 3.8) is 0 Å². The van der Waals surface area contributed by atoms with Gasteiger partial charge in [-0.05, 0) is 64.7 Å². The van der Waals surface area contributed by atoms with Crippen molar-refractivity contribution in [1.29, 1.82) is 0 Å². The summed E-state index contributed by atoms with van der Waals surface area (Å²) in [5, 5.41) is 0.728. The predicted molar refractivity (Wildman–Crippen MR) is 154 cm³/mol. The van der Waals surface area contributed by atoms with Gasteiger partial charge < -0.3 is 19.1 Å². The van der Waals surface area contributed by atoms with Crippen LogP contribution in [-0.4, -0.2) is 59.0 Å². The van der Waals surface area contributed by atoms with E-state index in [1.807, 2.05) is 59.6 Å². The molecule has 0 N–H and O–H groups in total. The number of aromatic nitrogens is 1. The van der Waals surface area contributed by atoms with Crippen LogP contribution in [0.4, 0.5) is 0 Å². The first-order valence-corrected chi connectivity index (χ1v) is 14.3. The molecule has 1 fully saturated rings. The molecule has 1 aromatic heterocycles. The highest BCUT2D eigenvalue weighted by atomic mass is 79.9. The zero-order valence-electron chi connectivity index (χ0n) is 21.8. The Morgan fingerprint density at radius 2 is 1.76 bits per heavy atom. The first kappa shape index (κ1) is 28.4. The Labute approximate surface area is 238 Å². The van der Waals surface area contributed by atoms with Gasteiger partial charge in [0.2, 0.25) is 5.91 Å². The van der Waals surface area contributed by atoms with Crippen LogP contribution in [0.3, 0.4) is 0 Å². The molecule has 2 amide bonds. The monoisotopic (exact) mass is 599 g/mol. The highest BCUT2D eigenvalue weighted by Gasteiger charge is 2.29. The number of amides is 2. The van der Waals surface area contributed by atoms with Crippen LogP contribution in [0.15, 0.2) is 71.3 Å². The van der Waals surface area contributed by atoms with E-state index in [0.29, 0.717) is 36.3 Å². The first-order valence-electron chi connectivity index (χ1n) is 13.2. The summed E-state index contributed by atoms with van der Waals surface area (Å²) in [4.78, 5) is 31.0. The number of benzene rings is 2. The normalized spacial score (nSPS) is 13.9. The molecular formula is C30H35BrClN3O3. The van der Waals surface area contributed by atoms with Crippen molar-refractivity contribution in [3.05, 3.63) is 93.2 Å². The number of rotatable bonds is 11. The van der Waals surface area contributed by atoms with Crippen molar-refractivity contribution in [1.82, 2.24) is 14.4 Å². The van der Waals surface area contributed by atoms with Crippen LogP contribution in [0.5, 0.6) is 0 Å². The lowest BCUT2D eigenvalue weighted by Gasteiger charge is -2.36. The summed E-state index contributed by atoms with van der Waals surface area (Å²) < 4.78 is 8.13. The van der Waals surface area contributed by atoms with Gasteiger partial charge in [-0.3, -0.25) is 9.59 Å². The molecule has 0 bridgehead atoms. The van der Waals surface area contributed by atoms with Gasteiger partial charge in [0.1, 0.15) is 6.54 Å². The second-order valence-electron chi connectivity index (χ2n) is 9.73. The lowest BCUT2D eigenvalue weighted by molar-refractivity contribution is -0.136. The summed E-state index contributed by atoms with van der Waals surface area (Å²) >= 11 is 9.92. The third-order valence-electron chi connectivity index (χ3n) is 7.17. The molecule has 0 unspecified atom stereocenters. The zero-order valence-corrected chi connectivity index (χ0v) is 24.2. The number of carbonyl (C=O) groups excluding carboxylic acids is 2. The van der Waals surface area contributed by atoms with Gasteiger partial charge in [0, 0.05) is 47.6 Å². The minimum absolute atomic E-state index is 0.00521. The molecule has 2 aromatic carbocycles. The van der Waals surface area contributed by atoms with Crippen molar-refractivity contribution < 1.29 is 14.3 Å². The number of hydrogen-bond acceptors (Lipinski definition) is 3. The standard InChI is InChI=1S/C30H35BrClN3O3/c1-38-19-18-34(30(37)26-14-6-7-15-27(26)31)22-29(36)35(24-11-3-2-4-12-24)21-25-13-9-17-33(25)20-23-10-5-8-16-28(23)32/h5-10,13-17,24H,2-4,11-12,18-22H2,1H3. The Balaban J connectivity index is 1.56. The van der Waals surface area contributed by atoms with E-state index in [2.05, 4.69) is 26.6 Å². The van der Waals surface area contributed by atoms with E-state index >= 15 is 0 Å². The molecule has 202 valence electrons. The van der Waals surface area contributed by atoms with Crippen molar-refractivity contribution in [2.24, 2.45) is 0 Å². The topological polar surface area (TPSA) is 54.8 Å². The van der Waals surface area contributed by atoms with Gasteiger partial charge in [0.25, 0.3) is 5.91 Å². The number of halogens is 2. The van der Waals surface area contributed by atoms with Gasteiger partial charge in [-0.1, -0.05) is 61.2 Å². The number of ether oxygens (including phenoxy) is 1. The lowest BCUT2D eigenvalue weighted by Crippen LogP contribution is -2.48. The maximum Gasteiger partial charge on any atom is 0.255 e. The first-order chi connectivity index (χ1) is 18.5. The van der Waals surface area contributed by atoms with E-state index in [0.717, 1.165) is 42.0 Å². The molecular weight excluding hydrogens is 566 g/mol. The van der Waals surface area contributed by atoms with Crippen LogP contribution >= 0.6 is 27.5 Å². The third kappa shape index (κ3) is 7.28. The summed E-state index contributed by atoms with van der Waals surface area (Å²) in [6.07, 6.45) is 7.41. The molecule has 1 heterocycles. The largest absolute Gasteiger partial charge is 0.383 e. The van der Waals surface area contributed by atoms with E-state index in [4.69, 9.17) is 16.3 Å². The van der Waals surface area contributed by atoms with E-state index in [-0.39, 0.29) is 24.4 Å². The molecule has 6 nitrogen and oxygen atoms in total. The van der Waals surface area contributed by atoms with Gasteiger partial charge in [-0.15, -0.1) is 0 Å². The quantitative estimate of drug-likeness (QED) is 0.256. The van der Waals surface area contributed by atoms with Crippen LogP contribution in [-0.2, 0) is 22.6 Å². The van der Waals surface area contributed by atoms with Gasteiger partial charge in [-0.25, -0.2) is 0 Å². The zero-order chi connectivity index (χ0) is 26.9. The van der Waals surface area contributed by atoms with Crippen LogP contribution in [0.1, 0.15) is 53.7 Å². The Morgan fingerprint density at radius 3 is 2.50 bits per heavy atom. The molecule has 8 heteroatoms. The minimum Gasteiger partial charge on any atom is -0.383 e. The number of hydrogen-bond donors (Lipinski definition) is 0. The Hall–Kier alpha value is -2.61. The Kier molecular flexibility index (Phi) is 10.4. The average molecular weight is 601 g/mol. The minimum atomic E-state index is -0.187. The van der Waals surface area contributed by atoms with E-state index in [1.54, 1.807) is 18.1 Å². The molecule has 0 saturated heterocycles. The third-order valence-corrected chi connectivity index (χ3v) is 8.23. The second kappa shape index (κ2) is 14.0. The van der Waals surface area contributed by atoms with E-state index < -0.39 is 0 Å². The van der Waals surface area contributed by atoms with Crippen molar-refractivity contribution in [2.75, 3.05) is 26.8 Å². The summed E-state index contributed by atoms with van der Waals surface area (Å²) in [6.45, 7) is 1.82. The summed E-state index contributed by atoms with van der Waals surface area (Å²) in [6, 6.07) is 19.4. The SMILES string of the molecule is COCCN(CC(=O)N(Cc1cccn1Cc1ccccc1Cl)C1CCCCC1)C(=O)c1ccccc1Br. The van der Waals surface area contributed by atoms with Crippen LogP contribution in [0.25, 0.3) is 0 Å². The fourth-order valence-electron chi connectivity index (χ4n) is 5.06. The number of carbonyl (C=O) groups is 2. The van der Waals surface area contributed by atoms with Crippen LogP contribution in [0.2, 0.25) is 5.02 Å². The maximum atomic E-state index is 13.9. The highest BCUT2D eigenvalue weighted by molar-refractivity contribution is 9.10. The summed E-state index contributed by atoms with van der Waals surface area (Å²) in [5.41, 5.74) is 2.62. The van der Waals surface area contributed by atoms with Crippen molar-refractivity contribution >= 4 is 39.3 Å². The average Bonchev–Trinajstić information content (AvgIpc) is 3.37. The maximum absolute atomic E-state index is 13.9. The molecule has 0 radical (unpaired) electrons. The Morgan fingerprint density at radius 1 is 1.03 bits per heavy atom. The number of nitrogens with zero attached hydrogens (tertiary/aromatic N) is 3. The van der Waals surface area contributed by atoms with E-state index in [9.17, 15) is 9.59 Å². The molecule has 1 aliphatic rings. The second-order valence-corrected chi connectivity index (χ2v) is 11.0. The fourth-order valence-corrected chi connectivity index (χ4v) is 5.71. The van der Waals surface area contributed by atoms with Crippen LogP contribution in [0, 0.1) is 0 Å². The van der Waals surface area contributed by atoms with Crippen molar-refractivity contribution in [3.8, 4) is 0 Å². The summed E-state index contributed by atoms with van der Waals surface area (Å²) in [5.74, 6) is -0.229. The van der Waals surface area contributed by atoms with Gasteiger partial charge >= 0.3 is 0 Å². The molecule has 4 rings (SSSR count). The lowest BCUT2D eigenvalue weighted by atomic mass is 9.94. The molecule has 1 aliphatic carbocycles. The molecule has 0 spiro atoms. The van der Waals surface area contributed by atoms with Gasteiger partial charge in [-0.2, -0.15) is 0 Å². The number of methoxy groups -OCH3 is 1. The van der Waals surface area contributed by atoms with Crippen molar-refractivity contribution in [2.45, 2.75) is 51.2 Å². The molecule has 38 heavy (non-hydrogen) atoms. The molecule has 0 aliphatic heterocycles. The van der Waals surface area contributed by atoms with Gasteiger partial charge in [0.15, 0.2) is 0 Å². The smallest absolute Gasteiger partial charge is 0.255 e. The molecule has 1 saturated carbocycles. The molecule has 0 atom stereocenters. The predicted octanol–water partition coefficient (Wildman–Crippen LogP) is 6.40. The van der Waals surface area contributed by atoms with Gasteiger partial charge in [0.05, 0.1) is 18.7 Å². The molecule has 3 aromatic rings. The van der Waals surface area contributed by atoms with Crippen LogP contribution < -0.4 is 0 Å².